The van der Waals surface area contributed by atoms with Gasteiger partial charge in [-0.3, -0.25) is 0 Å². The van der Waals surface area contributed by atoms with Gasteiger partial charge in [-0.15, -0.1) is 0 Å². The molecule has 0 spiro atoms. The maximum absolute atomic E-state index is 9.50. The standard InChI is InChI=1S/C15H24O2/c1-11(2)13-7-6-12(3)5-4-8-15(10-16)14(9-13)17-15/h5,14,16H,4,6-10H2,1-3H3/b12-5+/t14-,15-/m0/s1. The Labute approximate surface area is 104 Å². The fourth-order valence-corrected chi connectivity index (χ4v) is 2.71. The lowest BCUT2D eigenvalue weighted by molar-refractivity contribution is 0.164. The molecule has 17 heavy (non-hydrogen) atoms. The fraction of sp³-hybridized carbons (Fsp3) is 0.733. The van der Waals surface area contributed by atoms with Crippen LogP contribution in [-0.2, 0) is 4.74 Å². The topological polar surface area (TPSA) is 32.8 Å². The quantitative estimate of drug-likeness (QED) is 0.559. The van der Waals surface area contributed by atoms with Crippen LogP contribution in [0.4, 0.5) is 0 Å². The SMILES string of the molecule is CC(C)=C1CC/C(C)=C/CC[C@@]2(CO)O[C@H]2C1. The van der Waals surface area contributed by atoms with Crippen molar-refractivity contribution in [2.75, 3.05) is 6.61 Å². The summed E-state index contributed by atoms with van der Waals surface area (Å²) in [4.78, 5) is 0. The van der Waals surface area contributed by atoms with Crippen molar-refractivity contribution in [2.24, 2.45) is 0 Å². The molecule has 0 aromatic carbocycles. The van der Waals surface area contributed by atoms with Gasteiger partial charge < -0.3 is 9.84 Å². The first-order valence-corrected chi connectivity index (χ1v) is 6.67. The molecule has 0 aromatic rings. The Bertz CT molecular complexity index is 350. The van der Waals surface area contributed by atoms with Crippen LogP contribution in [0.15, 0.2) is 22.8 Å². The lowest BCUT2D eigenvalue weighted by Crippen LogP contribution is -2.21. The van der Waals surface area contributed by atoms with Gasteiger partial charge in [0.05, 0.1) is 12.7 Å². The highest BCUT2D eigenvalue weighted by atomic mass is 16.6. The first-order valence-electron chi connectivity index (χ1n) is 6.67. The van der Waals surface area contributed by atoms with Crippen LogP contribution in [0.1, 0.15) is 52.9 Å². The first-order chi connectivity index (χ1) is 8.07. The maximum Gasteiger partial charge on any atom is 0.118 e. The van der Waals surface area contributed by atoms with E-state index in [4.69, 9.17) is 4.74 Å². The van der Waals surface area contributed by atoms with Crippen molar-refractivity contribution in [1.82, 2.24) is 0 Å². The number of aliphatic hydroxyl groups excluding tert-OH is 1. The maximum atomic E-state index is 9.50. The molecular formula is C15H24O2. The number of hydrogen-bond donors (Lipinski definition) is 1. The average Bonchev–Trinajstić information content (AvgIpc) is 2.98. The van der Waals surface area contributed by atoms with Gasteiger partial charge in [-0.1, -0.05) is 22.8 Å². The third-order valence-electron chi connectivity index (χ3n) is 4.19. The van der Waals surface area contributed by atoms with Crippen LogP contribution in [-0.4, -0.2) is 23.4 Å². The minimum absolute atomic E-state index is 0.167. The third kappa shape index (κ3) is 2.80. The van der Waals surface area contributed by atoms with Crippen LogP contribution in [0.2, 0.25) is 0 Å². The Morgan fingerprint density at radius 3 is 2.88 bits per heavy atom. The van der Waals surface area contributed by atoms with E-state index < -0.39 is 0 Å². The van der Waals surface area contributed by atoms with Crippen molar-refractivity contribution >= 4 is 0 Å². The molecule has 1 aliphatic heterocycles. The normalized spacial score (nSPS) is 36.8. The summed E-state index contributed by atoms with van der Waals surface area (Å²) >= 11 is 0. The largest absolute Gasteiger partial charge is 0.393 e. The summed E-state index contributed by atoms with van der Waals surface area (Å²) in [6, 6.07) is 0. The third-order valence-corrected chi connectivity index (χ3v) is 4.19. The van der Waals surface area contributed by atoms with Crippen molar-refractivity contribution in [3.05, 3.63) is 22.8 Å². The molecule has 2 heteroatoms. The molecular weight excluding hydrogens is 212 g/mol. The van der Waals surface area contributed by atoms with E-state index in [9.17, 15) is 5.11 Å². The van der Waals surface area contributed by atoms with Gasteiger partial charge in [0.1, 0.15) is 5.60 Å². The van der Waals surface area contributed by atoms with Crippen LogP contribution >= 0.6 is 0 Å². The Morgan fingerprint density at radius 2 is 2.24 bits per heavy atom. The van der Waals surface area contributed by atoms with Crippen LogP contribution < -0.4 is 0 Å². The van der Waals surface area contributed by atoms with E-state index in [0.29, 0.717) is 0 Å². The van der Waals surface area contributed by atoms with Gasteiger partial charge in [-0.2, -0.15) is 0 Å². The van der Waals surface area contributed by atoms with Gasteiger partial charge in [-0.25, -0.2) is 0 Å². The zero-order chi connectivity index (χ0) is 12.5. The Hall–Kier alpha value is -0.600. The van der Waals surface area contributed by atoms with Gasteiger partial charge in [0.25, 0.3) is 0 Å². The van der Waals surface area contributed by atoms with E-state index in [1.54, 1.807) is 0 Å². The van der Waals surface area contributed by atoms with Gasteiger partial charge in [0.2, 0.25) is 0 Å². The molecule has 1 heterocycles. The Balaban J connectivity index is 2.15. The summed E-state index contributed by atoms with van der Waals surface area (Å²) in [6.07, 6.45) is 7.88. The van der Waals surface area contributed by atoms with Gasteiger partial charge >= 0.3 is 0 Å². The predicted octanol–water partition coefficient (Wildman–Crippen LogP) is 3.36. The number of epoxide rings is 1. The highest BCUT2D eigenvalue weighted by molar-refractivity contribution is 5.19. The van der Waals surface area contributed by atoms with Crippen molar-refractivity contribution in [3.63, 3.8) is 0 Å². The van der Waals surface area contributed by atoms with E-state index in [1.165, 1.54) is 23.1 Å². The molecule has 2 atom stereocenters. The highest BCUT2D eigenvalue weighted by Gasteiger charge is 2.55. The summed E-state index contributed by atoms with van der Waals surface area (Å²) in [7, 11) is 0. The number of aliphatic hydroxyl groups is 1. The van der Waals surface area contributed by atoms with Crippen molar-refractivity contribution in [3.8, 4) is 0 Å². The molecule has 0 amide bonds. The van der Waals surface area contributed by atoms with Crippen molar-refractivity contribution in [1.29, 1.82) is 0 Å². The molecule has 1 saturated heterocycles. The van der Waals surface area contributed by atoms with Crippen LogP contribution in [0.3, 0.4) is 0 Å². The van der Waals surface area contributed by atoms with Gasteiger partial charge in [-0.05, 0) is 52.9 Å². The summed E-state index contributed by atoms with van der Waals surface area (Å²) < 4.78 is 5.79. The minimum Gasteiger partial charge on any atom is -0.393 e. The second-order valence-electron chi connectivity index (χ2n) is 5.73. The van der Waals surface area contributed by atoms with E-state index >= 15 is 0 Å². The molecule has 1 fully saturated rings. The zero-order valence-corrected chi connectivity index (χ0v) is 11.3. The lowest BCUT2D eigenvalue weighted by Gasteiger charge is -2.14. The summed E-state index contributed by atoms with van der Waals surface area (Å²) in [5, 5.41) is 9.50. The number of fused-ring (bicyclic) bond motifs is 1. The highest BCUT2D eigenvalue weighted by Crippen LogP contribution is 2.45. The van der Waals surface area contributed by atoms with E-state index in [-0.39, 0.29) is 18.3 Å². The van der Waals surface area contributed by atoms with Crippen molar-refractivity contribution in [2.45, 2.75) is 64.6 Å². The molecule has 0 saturated carbocycles. The Morgan fingerprint density at radius 1 is 1.47 bits per heavy atom. The number of hydrogen-bond acceptors (Lipinski definition) is 2. The molecule has 0 aromatic heterocycles. The van der Waals surface area contributed by atoms with Crippen LogP contribution in [0, 0.1) is 0 Å². The molecule has 1 aliphatic carbocycles. The zero-order valence-electron chi connectivity index (χ0n) is 11.3. The second kappa shape index (κ2) is 4.95. The summed E-state index contributed by atoms with van der Waals surface area (Å²) in [6.45, 7) is 6.74. The number of allylic oxidation sites excluding steroid dienone is 3. The summed E-state index contributed by atoms with van der Waals surface area (Å²) in [5.41, 5.74) is 4.17. The van der Waals surface area contributed by atoms with Crippen LogP contribution in [0.5, 0.6) is 0 Å². The van der Waals surface area contributed by atoms with E-state index in [2.05, 4.69) is 26.8 Å². The average molecular weight is 236 g/mol. The van der Waals surface area contributed by atoms with E-state index in [1.807, 2.05) is 0 Å². The molecule has 1 N–H and O–H groups in total. The fourth-order valence-electron chi connectivity index (χ4n) is 2.71. The molecule has 2 rings (SSSR count). The first kappa shape index (κ1) is 12.8. The monoisotopic (exact) mass is 236 g/mol. The Kier molecular flexibility index (Phi) is 3.74. The molecule has 0 radical (unpaired) electrons. The molecule has 2 aliphatic rings. The number of rotatable bonds is 1. The number of ether oxygens (including phenoxy) is 1. The lowest BCUT2D eigenvalue weighted by atomic mass is 9.89. The molecule has 0 bridgehead atoms. The second-order valence-corrected chi connectivity index (χ2v) is 5.73. The van der Waals surface area contributed by atoms with Gasteiger partial charge in [0, 0.05) is 0 Å². The molecule has 96 valence electrons. The summed E-state index contributed by atoms with van der Waals surface area (Å²) in [5.74, 6) is 0. The predicted molar refractivity (Wildman–Crippen MR) is 69.9 cm³/mol. The van der Waals surface area contributed by atoms with E-state index in [0.717, 1.165) is 25.7 Å². The smallest absolute Gasteiger partial charge is 0.118 e. The molecule has 0 unspecified atom stereocenters. The van der Waals surface area contributed by atoms with Gasteiger partial charge in [0.15, 0.2) is 0 Å². The van der Waals surface area contributed by atoms with Crippen molar-refractivity contribution < 1.29 is 9.84 Å². The minimum atomic E-state index is -0.227. The molecule has 2 nitrogen and oxygen atoms in total. The van der Waals surface area contributed by atoms with Crippen LogP contribution in [0.25, 0.3) is 0 Å².